The molecule has 2 atom stereocenters. The molecule has 26 heavy (non-hydrogen) atoms. The van der Waals surface area contributed by atoms with Crippen molar-refractivity contribution in [1.82, 2.24) is 10.6 Å². The molecular weight excluding hydrogens is 359 g/mol. The molecule has 0 unspecified atom stereocenters. The van der Waals surface area contributed by atoms with Crippen LogP contribution in [0.25, 0.3) is 0 Å². The maximum absolute atomic E-state index is 13.2. The largest absolute Gasteiger partial charge is 0.454 e. The third-order valence-corrected chi connectivity index (χ3v) is 4.90. The van der Waals surface area contributed by atoms with Crippen LogP contribution in [0.2, 0.25) is 0 Å². The minimum absolute atomic E-state index is 0.203. The highest BCUT2D eigenvalue weighted by atomic mass is 32.1. The van der Waals surface area contributed by atoms with E-state index in [9.17, 15) is 18.8 Å². The number of carbonyl (C=O) groups is 3. The molecule has 1 fully saturated rings. The lowest BCUT2D eigenvalue weighted by atomic mass is 10.1. The fourth-order valence-corrected chi connectivity index (χ4v) is 3.46. The van der Waals surface area contributed by atoms with Crippen molar-refractivity contribution in [3.63, 3.8) is 0 Å². The Balaban J connectivity index is 1.61. The zero-order chi connectivity index (χ0) is 18.5. The number of halogens is 1. The number of hydrogen-bond donors (Lipinski definition) is 2. The first kappa shape index (κ1) is 18.1. The van der Waals surface area contributed by atoms with Gasteiger partial charge in [0, 0.05) is 11.3 Å². The maximum Gasteiger partial charge on any atom is 0.329 e. The summed E-state index contributed by atoms with van der Waals surface area (Å²) in [5, 5.41) is 7.16. The second kappa shape index (κ2) is 8.09. The van der Waals surface area contributed by atoms with E-state index in [1.54, 1.807) is 12.1 Å². The second-order valence-electron chi connectivity index (χ2n) is 5.83. The van der Waals surface area contributed by atoms with E-state index in [1.807, 2.05) is 17.5 Å². The molecule has 0 saturated carbocycles. The number of hydrogen-bond acceptors (Lipinski definition) is 5. The van der Waals surface area contributed by atoms with Gasteiger partial charge in [0.05, 0.1) is 6.04 Å². The molecule has 2 N–H and O–H groups in total. The Hall–Kier alpha value is -2.74. The molecule has 1 aromatic carbocycles. The summed E-state index contributed by atoms with van der Waals surface area (Å²) >= 11 is 1.45. The predicted molar refractivity (Wildman–Crippen MR) is 92.8 cm³/mol. The van der Waals surface area contributed by atoms with E-state index >= 15 is 0 Å². The molecule has 2 amide bonds. The van der Waals surface area contributed by atoms with Crippen LogP contribution in [-0.4, -0.2) is 30.4 Å². The normalized spacial score (nSPS) is 17.4. The molecule has 6 nitrogen and oxygen atoms in total. The van der Waals surface area contributed by atoms with Gasteiger partial charge in [0.15, 0.2) is 6.61 Å². The van der Waals surface area contributed by atoms with Crippen molar-refractivity contribution >= 4 is 29.1 Å². The molecule has 0 bridgehead atoms. The van der Waals surface area contributed by atoms with Gasteiger partial charge in [-0.2, -0.15) is 0 Å². The molecular formula is C18H17FN2O4S. The first-order chi connectivity index (χ1) is 12.5. The van der Waals surface area contributed by atoms with Gasteiger partial charge in [0.1, 0.15) is 11.9 Å². The SMILES string of the molecule is O=C(COC(=O)[C@@H]1CCC(=O)N1)N[C@@H](c1ccc(F)cc1)c1cccs1. The number of carbonyl (C=O) groups excluding carboxylic acids is 3. The van der Waals surface area contributed by atoms with Crippen LogP contribution >= 0.6 is 11.3 Å². The number of rotatable bonds is 6. The van der Waals surface area contributed by atoms with E-state index in [0.717, 1.165) is 10.4 Å². The molecule has 2 heterocycles. The van der Waals surface area contributed by atoms with Gasteiger partial charge in [-0.25, -0.2) is 9.18 Å². The molecule has 1 saturated heterocycles. The summed E-state index contributed by atoms with van der Waals surface area (Å²) in [6.07, 6.45) is 0.643. The Kier molecular flexibility index (Phi) is 5.62. The Labute approximate surface area is 153 Å². The fourth-order valence-electron chi connectivity index (χ4n) is 2.66. The van der Waals surface area contributed by atoms with Crippen LogP contribution in [0.1, 0.15) is 29.3 Å². The van der Waals surface area contributed by atoms with Gasteiger partial charge in [0.2, 0.25) is 5.91 Å². The van der Waals surface area contributed by atoms with E-state index in [4.69, 9.17) is 4.74 Å². The summed E-state index contributed by atoms with van der Waals surface area (Å²) in [5.41, 5.74) is 0.719. The fraction of sp³-hybridized carbons (Fsp3) is 0.278. The van der Waals surface area contributed by atoms with Gasteiger partial charge >= 0.3 is 5.97 Å². The van der Waals surface area contributed by atoms with Crippen LogP contribution in [-0.2, 0) is 19.1 Å². The van der Waals surface area contributed by atoms with Crippen LogP contribution in [0.4, 0.5) is 4.39 Å². The number of benzene rings is 1. The number of amides is 2. The highest BCUT2D eigenvalue weighted by Gasteiger charge is 2.29. The van der Waals surface area contributed by atoms with E-state index in [-0.39, 0.29) is 18.1 Å². The van der Waals surface area contributed by atoms with Gasteiger partial charge in [-0.15, -0.1) is 11.3 Å². The standard InChI is InChI=1S/C18H17FN2O4S/c19-12-5-3-11(4-6-12)17(14-2-1-9-26-14)21-16(23)10-25-18(24)13-7-8-15(22)20-13/h1-6,9,13,17H,7-8,10H2,(H,20,22)(H,21,23)/t13-,17-/m0/s1. The molecule has 3 rings (SSSR count). The topological polar surface area (TPSA) is 84.5 Å². The lowest BCUT2D eigenvalue weighted by Gasteiger charge is -2.18. The van der Waals surface area contributed by atoms with E-state index in [2.05, 4.69) is 10.6 Å². The highest BCUT2D eigenvalue weighted by molar-refractivity contribution is 7.10. The Morgan fingerprint density at radius 3 is 2.69 bits per heavy atom. The molecule has 2 aromatic rings. The third-order valence-electron chi connectivity index (χ3n) is 3.96. The van der Waals surface area contributed by atoms with Crippen molar-refractivity contribution in [2.45, 2.75) is 24.9 Å². The first-order valence-corrected chi connectivity index (χ1v) is 8.95. The second-order valence-corrected chi connectivity index (χ2v) is 6.81. The monoisotopic (exact) mass is 376 g/mol. The van der Waals surface area contributed by atoms with Crippen molar-refractivity contribution in [3.8, 4) is 0 Å². The molecule has 0 spiro atoms. The van der Waals surface area contributed by atoms with Crippen molar-refractivity contribution in [2.75, 3.05) is 6.61 Å². The summed E-state index contributed by atoms with van der Waals surface area (Å²) < 4.78 is 18.2. The molecule has 0 radical (unpaired) electrons. The lowest BCUT2D eigenvalue weighted by Crippen LogP contribution is -2.38. The van der Waals surface area contributed by atoms with Crippen molar-refractivity contribution < 1.29 is 23.5 Å². The Bertz CT molecular complexity index is 792. The van der Waals surface area contributed by atoms with E-state index in [1.165, 1.54) is 23.5 Å². The maximum atomic E-state index is 13.2. The van der Waals surface area contributed by atoms with Crippen LogP contribution in [0.15, 0.2) is 41.8 Å². The van der Waals surface area contributed by atoms with E-state index < -0.39 is 30.6 Å². The quantitative estimate of drug-likeness (QED) is 0.755. The zero-order valence-corrected chi connectivity index (χ0v) is 14.6. The molecule has 136 valence electrons. The average Bonchev–Trinajstić information content (AvgIpc) is 3.30. The summed E-state index contributed by atoms with van der Waals surface area (Å²) in [4.78, 5) is 36.1. The van der Waals surface area contributed by atoms with Gasteiger partial charge in [-0.3, -0.25) is 9.59 Å². The summed E-state index contributed by atoms with van der Waals surface area (Å²) in [5.74, 6) is -1.67. The predicted octanol–water partition coefficient (Wildman–Crippen LogP) is 1.91. The minimum Gasteiger partial charge on any atom is -0.454 e. The Morgan fingerprint density at radius 2 is 2.08 bits per heavy atom. The molecule has 8 heteroatoms. The lowest BCUT2D eigenvalue weighted by molar-refractivity contribution is -0.150. The van der Waals surface area contributed by atoms with E-state index in [0.29, 0.717) is 6.42 Å². The summed E-state index contributed by atoms with van der Waals surface area (Å²) in [6.45, 7) is -0.450. The zero-order valence-electron chi connectivity index (χ0n) is 13.7. The number of ether oxygens (including phenoxy) is 1. The number of nitrogens with one attached hydrogen (secondary N) is 2. The molecule has 1 aliphatic heterocycles. The number of esters is 1. The van der Waals surface area contributed by atoms with Gasteiger partial charge in [0.25, 0.3) is 5.91 Å². The highest BCUT2D eigenvalue weighted by Crippen LogP contribution is 2.26. The smallest absolute Gasteiger partial charge is 0.329 e. The first-order valence-electron chi connectivity index (χ1n) is 8.07. The van der Waals surface area contributed by atoms with Crippen LogP contribution in [0.5, 0.6) is 0 Å². The van der Waals surface area contributed by atoms with Crippen molar-refractivity contribution in [2.24, 2.45) is 0 Å². The number of thiophene rings is 1. The third kappa shape index (κ3) is 4.45. The molecule has 1 aromatic heterocycles. The summed E-state index contributed by atoms with van der Waals surface area (Å²) in [6, 6.07) is 8.40. The van der Waals surface area contributed by atoms with Gasteiger partial charge in [-0.05, 0) is 35.6 Å². The van der Waals surface area contributed by atoms with Crippen molar-refractivity contribution in [3.05, 3.63) is 58.0 Å². The van der Waals surface area contributed by atoms with Crippen LogP contribution < -0.4 is 10.6 Å². The Morgan fingerprint density at radius 1 is 1.31 bits per heavy atom. The van der Waals surface area contributed by atoms with Crippen LogP contribution in [0, 0.1) is 5.82 Å². The average molecular weight is 376 g/mol. The van der Waals surface area contributed by atoms with Gasteiger partial charge in [-0.1, -0.05) is 18.2 Å². The van der Waals surface area contributed by atoms with Crippen LogP contribution in [0.3, 0.4) is 0 Å². The summed E-state index contributed by atoms with van der Waals surface area (Å²) in [7, 11) is 0. The molecule has 1 aliphatic rings. The molecule has 0 aliphatic carbocycles. The minimum atomic E-state index is -0.694. The van der Waals surface area contributed by atoms with Gasteiger partial charge < -0.3 is 15.4 Å². The van der Waals surface area contributed by atoms with Crippen molar-refractivity contribution in [1.29, 1.82) is 0 Å².